The second-order valence-electron chi connectivity index (χ2n) is 5.50. The minimum atomic E-state index is -1.48. The molecule has 25 heavy (non-hydrogen) atoms. The largest absolute Gasteiger partial charge is 1.00 e. The first-order valence-corrected chi connectivity index (χ1v) is 7.70. The fraction of sp³-hybridized carbons (Fsp3) is 0.312. The molecular weight excluding hydrogens is 380 g/mol. The van der Waals surface area contributed by atoms with E-state index >= 15 is 0 Å². The maximum absolute atomic E-state index is 14.3. The number of amides is 2. The Kier molecular flexibility index (Phi) is 6.80. The zero-order valence-electron chi connectivity index (χ0n) is 13.4. The van der Waals surface area contributed by atoms with Crippen LogP contribution < -0.4 is 66.1 Å². The van der Waals surface area contributed by atoms with E-state index in [1.54, 1.807) is 0 Å². The molecule has 0 saturated heterocycles. The van der Waals surface area contributed by atoms with Crippen molar-refractivity contribution in [3.63, 3.8) is 0 Å². The van der Waals surface area contributed by atoms with Gasteiger partial charge >= 0.3 is 51.4 Å². The summed E-state index contributed by atoms with van der Waals surface area (Å²) in [6, 6.07) is 1.92. The van der Waals surface area contributed by atoms with Crippen molar-refractivity contribution >= 4 is 35.1 Å². The van der Waals surface area contributed by atoms with E-state index in [0.29, 0.717) is 24.0 Å². The summed E-state index contributed by atoms with van der Waals surface area (Å²) in [7, 11) is 0. The molecule has 0 unspecified atom stereocenters. The Balaban J connectivity index is 0.00000225. The van der Waals surface area contributed by atoms with E-state index in [1.165, 1.54) is 0 Å². The van der Waals surface area contributed by atoms with E-state index in [9.17, 15) is 23.9 Å². The summed E-state index contributed by atoms with van der Waals surface area (Å²) in [6.45, 7) is -0.790. The maximum atomic E-state index is 14.3. The second kappa shape index (κ2) is 8.28. The number of carbonyl (C=O) groups is 3. The number of carboxylic acids is 1. The van der Waals surface area contributed by atoms with Crippen LogP contribution in [-0.2, 0) is 14.4 Å². The van der Waals surface area contributed by atoms with Gasteiger partial charge in [0.1, 0.15) is 18.2 Å². The van der Waals surface area contributed by atoms with Crippen molar-refractivity contribution in [3.8, 4) is 5.75 Å². The van der Waals surface area contributed by atoms with Crippen LogP contribution in [0.4, 0.5) is 10.1 Å². The van der Waals surface area contributed by atoms with E-state index in [1.807, 2.05) is 0 Å². The van der Waals surface area contributed by atoms with E-state index in [4.69, 9.17) is 16.3 Å². The quantitative estimate of drug-likeness (QED) is 0.453. The van der Waals surface area contributed by atoms with Crippen LogP contribution in [0.5, 0.6) is 5.75 Å². The van der Waals surface area contributed by atoms with Gasteiger partial charge in [-0.25, -0.2) is 9.29 Å². The summed E-state index contributed by atoms with van der Waals surface area (Å²) in [6.07, 6.45) is 2.57. The second-order valence-corrected chi connectivity index (χ2v) is 5.91. The molecule has 2 aliphatic rings. The Hall–Kier alpha value is -0.774. The van der Waals surface area contributed by atoms with Crippen LogP contribution in [0.2, 0.25) is 5.02 Å². The number of hydrogen-bond acceptors (Lipinski definition) is 5. The molecule has 0 bridgehead atoms. The van der Waals surface area contributed by atoms with Crippen LogP contribution in [0.25, 0.3) is 0 Å². The molecule has 0 saturated carbocycles. The zero-order chi connectivity index (χ0) is 17.4. The van der Waals surface area contributed by atoms with Gasteiger partial charge in [0.05, 0.1) is 16.7 Å². The summed E-state index contributed by atoms with van der Waals surface area (Å²) in [5, 5.41) is 10.3. The van der Waals surface area contributed by atoms with Crippen molar-refractivity contribution in [2.45, 2.75) is 25.7 Å². The van der Waals surface area contributed by atoms with Crippen LogP contribution in [0, 0.1) is 5.82 Å². The minimum Gasteiger partial charge on any atom is -0.546 e. The maximum Gasteiger partial charge on any atom is 1.00 e. The Morgan fingerprint density at radius 2 is 1.76 bits per heavy atom. The van der Waals surface area contributed by atoms with Crippen LogP contribution in [0.15, 0.2) is 23.3 Å². The molecule has 126 valence electrons. The molecule has 0 aromatic heterocycles. The van der Waals surface area contributed by atoms with Gasteiger partial charge in [-0.1, -0.05) is 11.6 Å². The first-order valence-electron chi connectivity index (χ1n) is 7.32. The van der Waals surface area contributed by atoms with Gasteiger partial charge in [-0.3, -0.25) is 9.59 Å². The Labute approximate surface area is 190 Å². The summed E-state index contributed by atoms with van der Waals surface area (Å²) in [5.41, 5.74) is 0.521. The van der Waals surface area contributed by atoms with E-state index in [-0.39, 0.29) is 67.8 Å². The minimum absolute atomic E-state index is 0. The Morgan fingerprint density at radius 1 is 1.20 bits per heavy atom. The molecular formula is C16H12ClFKNO5. The van der Waals surface area contributed by atoms with Gasteiger partial charge in [-0.2, -0.15) is 0 Å². The molecule has 0 N–H and O–H groups in total. The molecule has 6 nitrogen and oxygen atoms in total. The first-order chi connectivity index (χ1) is 11.4. The van der Waals surface area contributed by atoms with E-state index in [0.717, 1.165) is 29.9 Å². The number of halogens is 2. The average Bonchev–Trinajstić information content (AvgIpc) is 2.79. The topological polar surface area (TPSA) is 86.7 Å². The summed E-state index contributed by atoms with van der Waals surface area (Å²) in [4.78, 5) is 36.2. The third-order valence-electron chi connectivity index (χ3n) is 3.98. The van der Waals surface area contributed by atoms with Gasteiger partial charge in [0.15, 0.2) is 0 Å². The van der Waals surface area contributed by atoms with Gasteiger partial charge in [0.25, 0.3) is 11.8 Å². The molecule has 1 aromatic carbocycles. The number of rotatable bonds is 4. The third kappa shape index (κ3) is 3.99. The van der Waals surface area contributed by atoms with Crippen LogP contribution in [-0.4, -0.2) is 24.4 Å². The predicted octanol–water partition coefficient (Wildman–Crippen LogP) is -1.64. The number of ether oxygens (including phenoxy) is 1. The van der Waals surface area contributed by atoms with Gasteiger partial charge in [0.2, 0.25) is 0 Å². The van der Waals surface area contributed by atoms with Gasteiger partial charge in [0, 0.05) is 17.2 Å². The Morgan fingerprint density at radius 3 is 2.28 bits per heavy atom. The normalized spacial score (nSPS) is 16.6. The third-order valence-corrected chi connectivity index (χ3v) is 4.27. The molecule has 1 aliphatic carbocycles. The van der Waals surface area contributed by atoms with Gasteiger partial charge in [-0.05, 0) is 31.7 Å². The Bertz CT molecular complexity index is 767. The molecule has 0 spiro atoms. The smallest absolute Gasteiger partial charge is 0.546 e. The standard InChI is InChI=1S/C16H13ClFNO5.K/c17-10-5-11(18)12(6-13(10)24-7-14(20)21)19-15(22)8-3-1-2-4-9(8)16(19)23;/h5-6H,1-4,7H2,(H,20,21);/q;+1/p-1. The fourth-order valence-electron chi connectivity index (χ4n) is 2.90. The van der Waals surface area contributed by atoms with Crippen LogP contribution in [0.1, 0.15) is 25.7 Å². The van der Waals surface area contributed by atoms with Crippen molar-refractivity contribution < 1.29 is 80.0 Å². The molecule has 0 radical (unpaired) electrons. The number of imide groups is 1. The van der Waals surface area contributed by atoms with E-state index < -0.39 is 30.2 Å². The van der Waals surface area contributed by atoms with E-state index in [2.05, 4.69) is 0 Å². The number of nitrogens with zero attached hydrogens (tertiary/aromatic N) is 1. The number of carboxylic acid groups (broad SMARTS) is 1. The number of carbonyl (C=O) groups excluding carboxylic acids is 3. The molecule has 1 heterocycles. The summed E-state index contributed by atoms with van der Waals surface area (Å²) in [5.74, 6) is -3.61. The fourth-order valence-corrected chi connectivity index (χ4v) is 3.10. The molecule has 0 atom stereocenters. The van der Waals surface area contributed by atoms with Crippen molar-refractivity contribution in [3.05, 3.63) is 34.1 Å². The first kappa shape index (κ1) is 20.5. The average molecular weight is 392 g/mol. The zero-order valence-corrected chi connectivity index (χ0v) is 17.3. The van der Waals surface area contributed by atoms with Crippen molar-refractivity contribution in [1.82, 2.24) is 0 Å². The van der Waals surface area contributed by atoms with Crippen molar-refractivity contribution in [2.75, 3.05) is 11.5 Å². The van der Waals surface area contributed by atoms with Gasteiger partial charge in [-0.15, -0.1) is 0 Å². The molecule has 1 aliphatic heterocycles. The number of anilines is 1. The predicted molar refractivity (Wildman–Crippen MR) is 79.9 cm³/mol. The van der Waals surface area contributed by atoms with Crippen LogP contribution >= 0.6 is 11.6 Å². The molecule has 2 amide bonds. The number of aliphatic carboxylic acids is 1. The molecule has 0 fully saturated rings. The SMILES string of the molecule is O=C([O-])COc1cc(N2C(=O)C3=C(CCCC3)C2=O)c(F)cc1Cl.[K+]. The van der Waals surface area contributed by atoms with Crippen molar-refractivity contribution in [2.24, 2.45) is 0 Å². The molecule has 3 rings (SSSR count). The summed E-state index contributed by atoms with van der Waals surface area (Å²) < 4.78 is 19.2. The van der Waals surface area contributed by atoms with Crippen LogP contribution in [0.3, 0.4) is 0 Å². The summed E-state index contributed by atoms with van der Waals surface area (Å²) >= 11 is 5.81. The monoisotopic (exact) mass is 391 g/mol. The van der Waals surface area contributed by atoms with Crippen molar-refractivity contribution in [1.29, 1.82) is 0 Å². The number of hydrogen-bond donors (Lipinski definition) is 0. The molecule has 1 aromatic rings. The molecule has 9 heteroatoms. The van der Waals surface area contributed by atoms with Gasteiger partial charge < -0.3 is 14.6 Å². The number of benzene rings is 1.